The van der Waals surface area contributed by atoms with Gasteiger partial charge in [0.25, 0.3) is 5.91 Å². The summed E-state index contributed by atoms with van der Waals surface area (Å²) >= 11 is 1.54. The van der Waals surface area contributed by atoms with Gasteiger partial charge in [0.2, 0.25) is 0 Å². The third-order valence-electron chi connectivity index (χ3n) is 2.86. The number of nitrogens with one attached hydrogen (secondary N) is 1. The van der Waals surface area contributed by atoms with Crippen molar-refractivity contribution in [3.05, 3.63) is 21.4 Å². The highest BCUT2D eigenvalue weighted by Crippen LogP contribution is 2.21. The molecule has 1 atom stereocenters. The topological polar surface area (TPSA) is 49.3 Å². The van der Waals surface area contributed by atoms with Gasteiger partial charge in [-0.1, -0.05) is 13.8 Å². The summed E-state index contributed by atoms with van der Waals surface area (Å²) in [6, 6.07) is 1.96. The Bertz CT molecular complexity index is 373. The van der Waals surface area contributed by atoms with E-state index < -0.39 is 0 Å². The van der Waals surface area contributed by atoms with Crippen LogP contribution >= 0.6 is 11.3 Å². The van der Waals surface area contributed by atoms with Gasteiger partial charge in [-0.2, -0.15) is 0 Å². The van der Waals surface area contributed by atoms with Crippen LogP contribution in [0.3, 0.4) is 0 Å². The minimum atomic E-state index is -0.313. The van der Waals surface area contributed by atoms with E-state index in [0.717, 1.165) is 17.7 Å². The van der Waals surface area contributed by atoms with Gasteiger partial charge in [0.05, 0.1) is 11.0 Å². The lowest BCUT2D eigenvalue weighted by Gasteiger charge is -2.07. The average molecular weight is 255 g/mol. The lowest BCUT2D eigenvalue weighted by Crippen LogP contribution is -2.26. The molecular weight excluding hydrogens is 234 g/mol. The number of carbonyl (C=O) groups is 1. The number of thiophene rings is 1. The quantitative estimate of drug-likeness (QED) is 0.820. The third kappa shape index (κ3) is 4.13. The molecule has 0 aliphatic carbocycles. The number of hydrogen-bond acceptors (Lipinski definition) is 3. The van der Waals surface area contributed by atoms with Crippen molar-refractivity contribution >= 4 is 17.2 Å². The number of amides is 1. The predicted octanol–water partition coefficient (Wildman–Crippen LogP) is 2.51. The fraction of sp³-hybridized carbons (Fsp3) is 0.615. The van der Waals surface area contributed by atoms with Gasteiger partial charge in [-0.3, -0.25) is 4.79 Å². The van der Waals surface area contributed by atoms with Crippen LogP contribution in [0, 0.1) is 6.92 Å². The third-order valence-corrected chi connectivity index (χ3v) is 3.95. The summed E-state index contributed by atoms with van der Waals surface area (Å²) in [7, 11) is 0. The lowest BCUT2D eigenvalue weighted by atomic mass is 10.2. The SMILES string of the molecule is CCc1cc(C(=O)NCCC(O)CC)sc1C. The van der Waals surface area contributed by atoms with Crippen molar-refractivity contribution in [1.29, 1.82) is 0 Å². The molecule has 0 saturated carbocycles. The van der Waals surface area contributed by atoms with E-state index in [1.165, 1.54) is 21.8 Å². The second-order valence-electron chi connectivity index (χ2n) is 4.15. The highest BCUT2D eigenvalue weighted by atomic mass is 32.1. The Labute approximate surface area is 107 Å². The molecule has 0 aromatic carbocycles. The first-order chi connectivity index (χ1) is 8.08. The zero-order valence-electron chi connectivity index (χ0n) is 10.7. The summed E-state index contributed by atoms with van der Waals surface area (Å²) in [5.74, 6) is -0.0268. The average Bonchev–Trinajstić information content (AvgIpc) is 2.70. The van der Waals surface area contributed by atoms with Gasteiger partial charge in [-0.15, -0.1) is 11.3 Å². The van der Waals surface area contributed by atoms with Crippen LogP contribution in [0.2, 0.25) is 0 Å². The first kappa shape index (κ1) is 14.2. The van der Waals surface area contributed by atoms with Gasteiger partial charge in [0.15, 0.2) is 0 Å². The summed E-state index contributed by atoms with van der Waals surface area (Å²) in [6.45, 7) is 6.60. The predicted molar refractivity (Wildman–Crippen MR) is 71.7 cm³/mol. The summed E-state index contributed by atoms with van der Waals surface area (Å²) in [5, 5.41) is 12.2. The number of aliphatic hydroxyl groups excluding tert-OH is 1. The van der Waals surface area contributed by atoms with Gasteiger partial charge in [-0.05, 0) is 37.8 Å². The smallest absolute Gasteiger partial charge is 0.261 e. The van der Waals surface area contributed by atoms with Crippen molar-refractivity contribution in [3.8, 4) is 0 Å². The minimum Gasteiger partial charge on any atom is -0.393 e. The Kier molecular flexibility index (Phi) is 5.65. The van der Waals surface area contributed by atoms with Crippen LogP contribution in [0.15, 0.2) is 6.07 Å². The largest absolute Gasteiger partial charge is 0.393 e. The molecule has 17 heavy (non-hydrogen) atoms. The molecular formula is C13H21NO2S. The monoisotopic (exact) mass is 255 g/mol. The van der Waals surface area contributed by atoms with Crippen LogP contribution in [-0.4, -0.2) is 23.7 Å². The molecule has 0 bridgehead atoms. The molecule has 4 heteroatoms. The van der Waals surface area contributed by atoms with Gasteiger partial charge in [0, 0.05) is 11.4 Å². The van der Waals surface area contributed by atoms with E-state index in [9.17, 15) is 9.90 Å². The Balaban J connectivity index is 2.47. The first-order valence-corrected chi connectivity index (χ1v) is 6.95. The molecule has 0 aliphatic rings. The standard InChI is InChI=1S/C13H21NO2S/c1-4-10-8-12(17-9(10)3)13(16)14-7-6-11(15)5-2/h8,11,15H,4-7H2,1-3H3,(H,14,16). The summed E-state index contributed by atoms with van der Waals surface area (Å²) in [5.41, 5.74) is 1.24. The van der Waals surface area contributed by atoms with Crippen molar-refractivity contribution in [3.63, 3.8) is 0 Å². The highest BCUT2D eigenvalue weighted by Gasteiger charge is 2.11. The van der Waals surface area contributed by atoms with Crippen molar-refractivity contribution in [2.75, 3.05) is 6.54 Å². The maximum absolute atomic E-state index is 11.8. The molecule has 1 aromatic heterocycles. The van der Waals surface area contributed by atoms with Crippen LogP contribution in [0.1, 0.15) is 46.8 Å². The molecule has 1 heterocycles. The Morgan fingerprint density at radius 1 is 1.53 bits per heavy atom. The van der Waals surface area contributed by atoms with Crippen molar-refractivity contribution in [1.82, 2.24) is 5.32 Å². The Hall–Kier alpha value is -0.870. The molecule has 1 unspecified atom stereocenters. The minimum absolute atomic E-state index is 0.0268. The van der Waals surface area contributed by atoms with E-state index in [0.29, 0.717) is 13.0 Å². The normalized spacial score (nSPS) is 12.5. The molecule has 0 radical (unpaired) electrons. The zero-order valence-corrected chi connectivity index (χ0v) is 11.6. The van der Waals surface area contributed by atoms with Crippen LogP contribution in [0.5, 0.6) is 0 Å². The maximum Gasteiger partial charge on any atom is 0.261 e. The van der Waals surface area contributed by atoms with E-state index in [1.807, 2.05) is 19.9 Å². The molecule has 1 aromatic rings. The maximum atomic E-state index is 11.8. The summed E-state index contributed by atoms with van der Waals surface area (Å²) in [4.78, 5) is 13.8. The summed E-state index contributed by atoms with van der Waals surface area (Å²) < 4.78 is 0. The number of carbonyl (C=O) groups excluding carboxylic acids is 1. The van der Waals surface area contributed by atoms with Gasteiger partial charge < -0.3 is 10.4 Å². The molecule has 1 rings (SSSR count). The van der Waals surface area contributed by atoms with Crippen LogP contribution < -0.4 is 5.32 Å². The second kappa shape index (κ2) is 6.77. The molecule has 3 nitrogen and oxygen atoms in total. The number of hydrogen-bond donors (Lipinski definition) is 2. The molecule has 0 aliphatic heterocycles. The molecule has 0 fully saturated rings. The first-order valence-electron chi connectivity index (χ1n) is 6.14. The molecule has 1 amide bonds. The Morgan fingerprint density at radius 3 is 2.76 bits per heavy atom. The van der Waals surface area contributed by atoms with Crippen molar-refractivity contribution < 1.29 is 9.90 Å². The van der Waals surface area contributed by atoms with Crippen molar-refractivity contribution in [2.24, 2.45) is 0 Å². The lowest BCUT2D eigenvalue weighted by molar-refractivity contribution is 0.0946. The molecule has 96 valence electrons. The van der Waals surface area contributed by atoms with E-state index in [1.54, 1.807) is 0 Å². The number of rotatable bonds is 6. The van der Waals surface area contributed by atoms with Crippen LogP contribution in [0.25, 0.3) is 0 Å². The van der Waals surface area contributed by atoms with Gasteiger partial charge in [0.1, 0.15) is 0 Å². The number of aliphatic hydroxyl groups is 1. The van der Waals surface area contributed by atoms with E-state index in [2.05, 4.69) is 12.2 Å². The Morgan fingerprint density at radius 2 is 2.24 bits per heavy atom. The fourth-order valence-corrected chi connectivity index (χ4v) is 2.66. The van der Waals surface area contributed by atoms with E-state index >= 15 is 0 Å². The van der Waals surface area contributed by atoms with Crippen LogP contribution in [-0.2, 0) is 6.42 Å². The van der Waals surface area contributed by atoms with Crippen molar-refractivity contribution in [2.45, 2.75) is 46.1 Å². The highest BCUT2D eigenvalue weighted by molar-refractivity contribution is 7.14. The second-order valence-corrected chi connectivity index (χ2v) is 5.41. The molecule has 0 spiro atoms. The fourth-order valence-electron chi connectivity index (χ4n) is 1.63. The molecule has 2 N–H and O–H groups in total. The van der Waals surface area contributed by atoms with Crippen LogP contribution in [0.4, 0.5) is 0 Å². The van der Waals surface area contributed by atoms with Gasteiger partial charge >= 0.3 is 0 Å². The molecule has 0 saturated heterocycles. The number of aryl methyl sites for hydroxylation is 2. The van der Waals surface area contributed by atoms with Gasteiger partial charge in [-0.25, -0.2) is 0 Å². The van der Waals surface area contributed by atoms with E-state index in [-0.39, 0.29) is 12.0 Å². The summed E-state index contributed by atoms with van der Waals surface area (Å²) in [6.07, 6.45) is 2.00. The zero-order chi connectivity index (χ0) is 12.8. The van der Waals surface area contributed by atoms with E-state index in [4.69, 9.17) is 0 Å².